The average Bonchev–Trinajstić information content (AvgIpc) is 2.45. The standard InChI is InChI=1S/C14H16N2O3/c1-8-5-9(18-3)6-10-11(15-2)7-12(14(17)19-4)16-13(8)10/h5-7H,1-4H3,(H,15,16). The third-order valence-electron chi connectivity index (χ3n) is 2.98. The number of anilines is 1. The molecular formula is C14H16N2O3. The van der Waals surface area contributed by atoms with Crippen molar-refractivity contribution in [2.45, 2.75) is 6.92 Å². The number of hydrogen-bond acceptors (Lipinski definition) is 5. The van der Waals surface area contributed by atoms with Crippen molar-refractivity contribution >= 4 is 22.6 Å². The number of carbonyl (C=O) groups excluding carboxylic acids is 1. The zero-order valence-corrected chi connectivity index (χ0v) is 11.4. The molecule has 0 radical (unpaired) electrons. The number of nitrogens with one attached hydrogen (secondary N) is 1. The van der Waals surface area contributed by atoms with Crippen LogP contribution in [-0.4, -0.2) is 32.2 Å². The summed E-state index contributed by atoms with van der Waals surface area (Å²) in [5.74, 6) is 0.308. The molecule has 0 bridgehead atoms. The monoisotopic (exact) mass is 260 g/mol. The molecule has 0 aliphatic rings. The molecule has 0 spiro atoms. The van der Waals surface area contributed by atoms with Crippen molar-refractivity contribution in [3.8, 4) is 5.75 Å². The summed E-state index contributed by atoms with van der Waals surface area (Å²) in [6.07, 6.45) is 0. The van der Waals surface area contributed by atoms with Gasteiger partial charge in [0.05, 0.1) is 19.7 Å². The molecule has 1 N–H and O–H groups in total. The number of aryl methyl sites for hydroxylation is 1. The maximum absolute atomic E-state index is 11.6. The van der Waals surface area contributed by atoms with Crippen molar-refractivity contribution in [1.82, 2.24) is 4.98 Å². The number of rotatable bonds is 3. The first kappa shape index (κ1) is 13.1. The highest BCUT2D eigenvalue weighted by atomic mass is 16.5. The van der Waals surface area contributed by atoms with Gasteiger partial charge in [-0.2, -0.15) is 0 Å². The predicted molar refractivity (Wildman–Crippen MR) is 73.9 cm³/mol. The second kappa shape index (κ2) is 5.14. The zero-order valence-electron chi connectivity index (χ0n) is 11.4. The topological polar surface area (TPSA) is 60.5 Å². The number of fused-ring (bicyclic) bond motifs is 1. The number of ether oxygens (including phenoxy) is 2. The predicted octanol–water partition coefficient (Wildman–Crippen LogP) is 2.38. The van der Waals surface area contributed by atoms with E-state index in [1.165, 1.54) is 7.11 Å². The Morgan fingerprint density at radius 2 is 2.00 bits per heavy atom. The summed E-state index contributed by atoms with van der Waals surface area (Å²) in [5, 5.41) is 3.97. The van der Waals surface area contributed by atoms with Crippen molar-refractivity contribution in [3.05, 3.63) is 29.5 Å². The van der Waals surface area contributed by atoms with Crippen molar-refractivity contribution in [2.24, 2.45) is 0 Å². The van der Waals surface area contributed by atoms with E-state index in [4.69, 9.17) is 9.47 Å². The van der Waals surface area contributed by atoms with Crippen LogP contribution in [0.4, 0.5) is 5.69 Å². The Labute approximate surface area is 111 Å². The van der Waals surface area contributed by atoms with Gasteiger partial charge in [-0.05, 0) is 30.7 Å². The number of esters is 1. The van der Waals surface area contributed by atoms with Crippen LogP contribution in [0, 0.1) is 6.92 Å². The van der Waals surface area contributed by atoms with Crippen LogP contribution >= 0.6 is 0 Å². The van der Waals surface area contributed by atoms with E-state index < -0.39 is 5.97 Å². The summed E-state index contributed by atoms with van der Waals surface area (Å²) in [6.45, 7) is 1.93. The minimum absolute atomic E-state index is 0.285. The van der Waals surface area contributed by atoms with E-state index in [1.54, 1.807) is 20.2 Å². The highest BCUT2D eigenvalue weighted by molar-refractivity contribution is 5.99. The fourth-order valence-electron chi connectivity index (χ4n) is 2.00. The van der Waals surface area contributed by atoms with Crippen LogP contribution in [0.25, 0.3) is 10.9 Å². The first-order valence-electron chi connectivity index (χ1n) is 5.86. The number of pyridine rings is 1. The number of nitrogens with zero attached hydrogens (tertiary/aromatic N) is 1. The second-order valence-electron chi connectivity index (χ2n) is 4.14. The lowest BCUT2D eigenvalue weighted by Crippen LogP contribution is -2.06. The van der Waals surface area contributed by atoms with E-state index in [9.17, 15) is 4.79 Å². The fourth-order valence-corrected chi connectivity index (χ4v) is 2.00. The highest BCUT2D eigenvalue weighted by Gasteiger charge is 2.14. The van der Waals surface area contributed by atoms with Gasteiger partial charge in [-0.15, -0.1) is 0 Å². The number of carbonyl (C=O) groups is 1. The Morgan fingerprint density at radius 1 is 1.26 bits per heavy atom. The Kier molecular flexibility index (Phi) is 3.55. The Bertz CT molecular complexity index is 638. The van der Waals surface area contributed by atoms with Crippen molar-refractivity contribution in [1.29, 1.82) is 0 Å². The minimum Gasteiger partial charge on any atom is -0.497 e. The third kappa shape index (κ3) is 2.31. The first-order chi connectivity index (χ1) is 9.10. The smallest absolute Gasteiger partial charge is 0.356 e. The largest absolute Gasteiger partial charge is 0.497 e. The molecule has 0 aliphatic carbocycles. The van der Waals surface area contributed by atoms with Crippen LogP contribution in [-0.2, 0) is 4.74 Å². The molecule has 0 unspecified atom stereocenters. The maximum atomic E-state index is 11.6. The van der Waals surface area contributed by atoms with Crippen LogP contribution in [0.1, 0.15) is 16.1 Å². The lowest BCUT2D eigenvalue weighted by atomic mass is 10.1. The van der Waals surface area contributed by atoms with E-state index in [0.29, 0.717) is 0 Å². The van der Waals surface area contributed by atoms with Gasteiger partial charge in [0.1, 0.15) is 5.75 Å². The van der Waals surface area contributed by atoms with Gasteiger partial charge in [0, 0.05) is 18.1 Å². The molecule has 100 valence electrons. The maximum Gasteiger partial charge on any atom is 0.356 e. The molecule has 0 saturated carbocycles. The van der Waals surface area contributed by atoms with Crippen molar-refractivity contribution in [3.63, 3.8) is 0 Å². The van der Waals surface area contributed by atoms with Crippen molar-refractivity contribution < 1.29 is 14.3 Å². The minimum atomic E-state index is -0.450. The summed E-state index contributed by atoms with van der Waals surface area (Å²) < 4.78 is 9.97. The van der Waals surface area contributed by atoms with Gasteiger partial charge < -0.3 is 14.8 Å². The summed E-state index contributed by atoms with van der Waals surface area (Å²) in [5.41, 5.74) is 2.80. The van der Waals surface area contributed by atoms with Crippen LogP contribution < -0.4 is 10.1 Å². The number of benzene rings is 1. The Hall–Kier alpha value is -2.30. The molecule has 1 aromatic carbocycles. The third-order valence-corrected chi connectivity index (χ3v) is 2.98. The SMILES string of the molecule is CNc1cc(C(=O)OC)nc2c(C)cc(OC)cc12. The van der Waals surface area contributed by atoms with Gasteiger partial charge in [-0.25, -0.2) is 9.78 Å². The zero-order chi connectivity index (χ0) is 14.0. The molecule has 2 rings (SSSR count). The van der Waals surface area contributed by atoms with Gasteiger partial charge in [0.15, 0.2) is 5.69 Å². The fraction of sp³-hybridized carbons (Fsp3) is 0.286. The van der Waals surface area contributed by atoms with Crippen LogP contribution in [0.15, 0.2) is 18.2 Å². The second-order valence-corrected chi connectivity index (χ2v) is 4.14. The number of aromatic nitrogens is 1. The Morgan fingerprint density at radius 3 is 2.58 bits per heavy atom. The van der Waals surface area contributed by atoms with E-state index >= 15 is 0 Å². The lowest BCUT2D eigenvalue weighted by molar-refractivity contribution is 0.0594. The van der Waals surface area contributed by atoms with Crippen molar-refractivity contribution in [2.75, 3.05) is 26.6 Å². The molecule has 0 fully saturated rings. The average molecular weight is 260 g/mol. The first-order valence-corrected chi connectivity index (χ1v) is 5.86. The summed E-state index contributed by atoms with van der Waals surface area (Å²) in [7, 11) is 4.76. The Balaban J connectivity index is 2.76. The van der Waals surface area contributed by atoms with Gasteiger partial charge in [0.25, 0.3) is 0 Å². The molecule has 19 heavy (non-hydrogen) atoms. The molecule has 0 saturated heterocycles. The molecule has 1 aromatic heterocycles. The summed E-state index contributed by atoms with van der Waals surface area (Å²) in [4.78, 5) is 16.0. The molecule has 5 heteroatoms. The normalized spacial score (nSPS) is 10.3. The van der Waals surface area contributed by atoms with Gasteiger partial charge in [-0.1, -0.05) is 0 Å². The summed E-state index contributed by atoms with van der Waals surface area (Å²) >= 11 is 0. The van der Waals surface area contributed by atoms with E-state index in [-0.39, 0.29) is 5.69 Å². The van der Waals surface area contributed by atoms with Gasteiger partial charge in [0.2, 0.25) is 0 Å². The quantitative estimate of drug-likeness (QED) is 0.858. The van der Waals surface area contributed by atoms with E-state index in [1.807, 2.05) is 19.1 Å². The molecule has 1 heterocycles. The van der Waals surface area contributed by atoms with Gasteiger partial charge in [-0.3, -0.25) is 0 Å². The molecular weight excluding hydrogens is 244 g/mol. The van der Waals surface area contributed by atoms with Crippen LogP contribution in [0.5, 0.6) is 5.75 Å². The number of methoxy groups -OCH3 is 2. The number of hydrogen-bond donors (Lipinski definition) is 1. The molecule has 0 atom stereocenters. The summed E-state index contributed by atoms with van der Waals surface area (Å²) in [6, 6.07) is 5.45. The lowest BCUT2D eigenvalue weighted by Gasteiger charge is -2.11. The van der Waals surface area contributed by atoms with E-state index in [2.05, 4.69) is 10.3 Å². The molecule has 0 amide bonds. The van der Waals surface area contributed by atoms with Gasteiger partial charge >= 0.3 is 5.97 Å². The van der Waals surface area contributed by atoms with Crippen LogP contribution in [0.3, 0.4) is 0 Å². The van der Waals surface area contributed by atoms with Crippen LogP contribution in [0.2, 0.25) is 0 Å². The molecule has 5 nitrogen and oxygen atoms in total. The van der Waals surface area contributed by atoms with E-state index in [0.717, 1.165) is 27.9 Å². The molecule has 2 aromatic rings. The highest BCUT2D eigenvalue weighted by Crippen LogP contribution is 2.30. The molecule has 0 aliphatic heterocycles.